The molecule has 0 unspecified atom stereocenters. The number of carbonyl (C=O) groups is 5. The van der Waals surface area contributed by atoms with Crippen LogP contribution >= 0.6 is 0 Å². The van der Waals surface area contributed by atoms with Crippen LogP contribution in [0.1, 0.15) is 21.7 Å². The Hall–Kier alpha value is -5.65. The van der Waals surface area contributed by atoms with Crippen LogP contribution in [0.3, 0.4) is 0 Å². The average Bonchev–Trinajstić information content (AvgIpc) is 3.41. The zero-order valence-corrected chi connectivity index (χ0v) is 22.2. The second-order valence-electron chi connectivity index (χ2n) is 9.25. The molecule has 3 aromatic carbocycles. The van der Waals surface area contributed by atoms with Gasteiger partial charge in [-0.05, 0) is 35.4 Å². The largest absolute Gasteiger partial charge is 0.480 e. The molecule has 0 bridgehead atoms. The first-order chi connectivity index (χ1) is 20.2. The van der Waals surface area contributed by atoms with E-state index in [1.54, 1.807) is 48.5 Å². The lowest BCUT2D eigenvalue weighted by Crippen LogP contribution is -2.48. The predicted octanol–water partition coefficient (Wildman–Crippen LogP) is 3.52. The number of carbonyl (C=O) groups excluding carboxylic acids is 3. The van der Waals surface area contributed by atoms with Crippen LogP contribution < -0.4 is 10.6 Å². The first kappa shape index (κ1) is 29.3. The minimum atomic E-state index is -1.37. The van der Waals surface area contributed by atoms with E-state index in [0.717, 1.165) is 10.5 Å². The van der Waals surface area contributed by atoms with Crippen LogP contribution in [0, 0.1) is 0 Å². The molecule has 1 atom stereocenters. The van der Waals surface area contributed by atoms with Gasteiger partial charge in [0.15, 0.2) is 5.76 Å². The number of para-hydroxylation sites is 1. The number of hydrogen-bond acceptors (Lipinski definition) is 7. The summed E-state index contributed by atoms with van der Waals surface area (Å²) in [6.07, 6.45) is -0.777. The van der Waals surface area contributed by atoms with Gasteiger partial charge in [-0.15, -0.1) is 0 Å². The molecule has 216 valence electrons. The molecule has 4 rings (SSSR count). The van der Waals surface area contributed by atoms with E-state index in [9.17, 15) is 34.2 Å². The molecule has 0 aliphatic rings. The van der Waals surface area contributed by atoms with E-state index in [0.29, 0.717) is 22.2 Å². The number of aliphatic carboxylic acids is 2. The molecular formula is C30H27N3O9. The number of nitrogens with one attached hydrogen (secondary N) is 2. The van der Waals surface area contributed by atoms with E-state index >= 15 is 0 Å². The molecule has 0 spiro atoms. The summed E-state index contributed by atoms with van der Waals surface area (Å²) in [6, 6.07) is 22.3. The standard InChI is InChI=1S/C30H27N3O9/c34-26(16-33(17-27(35)36)28(37)25-15-21-8-4-5-9-24(21)42-25)32-23(29(38)39)14-19-10-12-22(13-11-19)31-30(40)41-18-20-6-2-1-3-7-20/h1-13,15,23H,14,16-18H2,(H,31,40)(H,32,34)(H,35,36)(H,38,39)/t23-/m1/s1. The molecule has 3 amide bonds. The SMILES string of the molecule is O=C(O)CN(CC(=O)N[C@H](Cc1ccc(NC(=O)OCc2ccccc2)cc1)C(=O)O)C(=O)c1cc2ccccc2o1. The minimum Gasteiger partial charge on any atom is -0.480 e. The summed E-state index contributed by atoms with van der Waals surface area (Å²) < 4.78 is 10.7. The number of carboxylic acids is 2. The smallest absolute Gasteiger partial charge is 0.411 e. The van der Waals surface area contributed by atoms with Gasteiger partial charge in [-0.1, -0.05) is 60.7 Å². The third-order valence-electron chi connectivity index (χ3n) is 6.07. The summed E-state index contributed by atoms with van der Waals surface area (Å²) >= 11 is 0. The van der Waals surface area contributed by atoms with Crippen molar-refractivity contribution < 1.29 is 43.3 Å². The second-order valence-corrected chi connectivity index (χ2v) is 9.25. The third kappa shape index (κ3) is 8.18. The highest BCUT2D eigenvalue weighted by atomic mass is 16.5. The van der Waals surface area contributed by atoms with Gasteiger partial charge < -0.3 is 29.6 Å². The van der Waals surface area contributed by atoms with Crippen LogP contribution in [0.5, 0.6) is 0 Å². The summed E-state index contributed by atoms with van der Waals surface area (Å²) in [7, 11) is 0. The fourth-order valence-electron chi connectivity index (χ4n) is 4.06. The molecule has 0 saturated carbocycles. The van der Waals surface area contributed by atoms with Gasteiger partial charge in [-0.2, -0.15) is 0 Å². The lowest BCUT2D eigenvalue weighted by molar-refractivity contribution is -0.142. The summed E-state index contributed by atoms with van der Waals surface area (Å²) in [5.41, 5.74) is 2.19. The third-order valence-corrected chi connectivity index (χ3v) is 6.07. The van der Waals surface area contributed by atoms with Crippen LogP contribution in [0.2, 0.25) is 0 Å². The van der Waals surface area contributed by atoms with Crippen LogP contribution in [-0.4, -0.2) is 64.1 Å². The first-order valence-corrected chi connectivity index (χ1v) is 12.8. The fourth-order valence-corrected chi connectivity index (χ4v) is 4.06. The maximum Gasteiger partial charge on any atom is 0.411 e. The minimum absolute atomic E-state index is 0.0957. The lowest BCUT2D eigenvalue weighted by Gasteiger charge is -2.21. The quantitative estimate of drug-likeness (QED) is 0.198. The Labute approximate surface area is 239 Å². The average molecular weight is 574 g/mol. The zero-order chi connectivity index (χ0) is 30.1. The highest BCUT2D eigenvalue weighted by Gasteiger charge is 2.27. The van der Waals surface area contributed by atoms with Crippen LogP contribution in [0.15, 0.2) is 89.3 Å². The molecule has 1 heterocycles. The second kappa shape index (κ2) is 13.6. The van der Waals surface area contributed by atoms with E-state index in [-0.39, 0.29) is 18.8 Å². The zero-order valence-electron chi connectivity index (χ0n) is 22.2. The van der Waals surface area contributed by atoms with E-state index in [1.807, 2.05) is 30.3 Å². The molecule has 0 fully saturated rings. The monoisotopic (exact) mass is 573 g/mol. The number of amides is 3. The summed E-state index contributed by atoms with van der Waals surface area (Å²) in [6.45, 7) is -1.41. The van der Waals surface area contributed by atoms with Gasteiger partial charge in [0.1, 0.15) is 31.3 Å². The molecule has 4 aromatic rings. The van der Waals surface area contributed by atoms with Crippen molar-refractivity contribution in [3.8, 4) is 0 Å². The van der Waals surface area contributed by atoms with Crippen LogP contribution in [0.25, 0.3) is 11.0 Å². The molecule has 12 nitrogen and oxygen atoms in total. The number of rotatable bonds is 12. The van der Waals surface area contributed by atoms with Gasteiger partial charge in [0.25, 0.3) is 5.91 Å². The Morgan fingerprint density at radius 1 is 0.833 bits per heavy atom. The molecule has 0 radical (unpaired) electrons. The van der Waals surface area contributed by atoms with Gasteiger partial charge in [-0.25, -0.2) is 9.59 Å². The van der Waals surface area contributed by atoms with Gasteiger partial charge >= 0.3 is 18.0 Å². The maximum atomic E-state index is 13.0. The van der Waals surface area contributed by atoms with Gasteiger partial charge in [0.05, 0.1) is 0 Å². The van der Waals surface area contributed by atoms with Crippen molar-refractivity contribution in [2.75, 3.05) is 18.4 Å². The number of anilines is 1. The van der Waals surface area contributed by atoms with Gasteiger partial charge in [0, 0.05) is 17.5 Å². The number of furan rings is 1. The van der Waals surface area contributed by atoms with Crippen molar-refractivity contribution in [3.63, 3.8) is 0 Å². The van der Waals surface area contributed by atoms with E-state index in [1.165, 1.54) is 6.07 Å². The van der Waals surface area contributed by atoms with Crippen molar-refractivity contribution in [3.05, 3.63) is 102 Å². The molecular weight excluding hydrogens is 546 g/mol. The highest BCUT2D eigenvalue weighted by molar-refractivity contribution is 5.99. The van der Waals surface area contributed by atoms with E-state index in [4.69, 9.17) is 9.15 Å². The molecule has 0 aliphatic heterocycles. The molecule has 42 heavy (non-hydrogen) atoms. The van der Waals surface area contributed by atoms with Crippen molar-refractivity contribution in [2.24, 2.45) is 0 Å². The Morgan fingerprint density at radius 2 is 1.52 bits per heavy atom. The Morgan fingerprint density at radius 3 is 2.19 bits per heavy atom. The summed E-state index contributed by atoms with van der Waals surface area (Å²) in [5.74, 6) is -4.55. The predicted molar refractivity (Wildman–Crippen MR) is 150 cm³/mol. The van der Waals surface area contributed by atoms with E-state index < -0.39 is 49.0 Å². The number of carboxylic acid groups (broad SMARTS) is 2. The van der Waals surface area contributed by atoms with Crippen LogP contribution in [0.4, 0.5) is 10.5 Å². The van der Waals surface area contributed by atoms with Crippen molar-refractivity contribution in [2.45, 2.75) is 19.1 Å². The van der Waals surface area contributed by atoms with Gasteiger partial charge in [0.2, 0.25) is 5.91 Å². The molecule has 0 saturated heterocycles. The summed E-state index contributed by atoms with van der Waals surface area (Å²) in [5, 5.41) is 24.5. The summed E-state index contributed by atoms with van der Waals surface area (Å²) in [4.78, 5) is 61.8. The number of benzene rings is 3. The molecule has 12 heteroatoms. The molecule has 4 N–H and O–H groups in total. The van der Waals surface area contributed by atoms with Crippen molar-refractivity contribution >= 4 is 46.5 Å². The Kier molecular flexibility index (Phi) is 9.51. The normalized spacial score (nSPS) is 11.3. The van der Waals surface area contributed by atoms with Gasteiger partial charge in [-0.3, -0.25) is 19.7 Å². The Bertz CT molecular complexity index is 1550. The van der Waals surface area contributed by atoms with E-state index in [2.05, 4.69) is 10.6 Å². The van der Waals surface area contributed by atoms with Crippen LogP contribution in [-0.2, 0) is 32.1 Å². The number of nitrogens with zero attached hydrogens (tertiary/aromatic N) is 1. The highest BCUT2D eigenvalue weighted by Crippen LogP contribution is 2.20. The Balaban J connectivity index is 1.34. The maximum absolute atomic E-state index is 13.0. The fraction of sp³-hybridized carbons (Fsp3) is 0.167. The van der Waals surface area contributed by atoms with Crippen molar-refractivity contribution in [1.82, 2.24) is 10.2 Å². The number of ether oxygens (including phenoxy) is 1. The molecule has 1 aromatic heterocycles. The number of hydrogen-bond donors (Lipinski definition) is 4. The topological polar surface area (TPSA) is 175 Å². The van der Waals surface area contributed by atoms with Crippen molar-refractivity contribution in [1.29, 1.82) is 0 Å². The first-order valence-electron chi connectivity index (χ1n) is 12.8. The number of fused-ring (bicyclic) bond motifs is 1. The molecule has 0 aliphatic carbocycles. The lowest BCUT2D eigenvalue weighted by atomic mass is 10.1.